The Labute approximate surface area is 162 Å². The molecule has 0 atom stereocenters. The average Bonchev–Trinajstić information content (AvgIpc) is 3.32. The number of rotatable bonds is 5. The Balaban J connectivity index is 1.51. The summed E-state index contributed by atoms with van der Waals surface area (Å²) in [6.07, 6.45) is 2.32. The summed E-state index contributed by atoms with van der Waals surface area (Å²) < 4.78 is 12.0. The zero-order valence-corrected chi connectivity index (χ0v) is 16.1. The molecule has 0 saturated carbocycles. The summed E-state index contributed by atoms with van der Waals surface area (Å²) in [5, 5.41) is 12.2. The van der Waals surface area contributed by atoms with Gasteiger partial charge in [-0.05, 0) is 48.7 Å². The third-order valence-electron chi connectivity index (χ3n) is 3.66. The number of hydrogen-bond acceptors (Lipinski definition) is 7. The molecule has 2 aromatic carbocycles. The number of nitrogens with zero attached hydrogens (tertiary/aromatic N) is 4. The molecule has 0 aliphatic carbocycles. The van der Waals surface area contributed by atoms with Gasteiger partial charge in [0.15, 0.2) is 0 Å². The van der Waals surface area contributed by atoms with Crippen LogP contribution in [0.4, 0.5) is 0 Å². The van der Waals surface area contributed by atoms with E-state index in [1.165, 1.54) is 4.90 Å². The van der Waals surface area contributed by atoms with Gasteiger partial charge < -0.3 is 8.94 Å². The van der Waals surface area contributed by atoms with E-state index in [-0.39, 0.29) is 6.42 Å². The monoisotopic (exact) mass is 428 g/mol. The maximum Gasteiger partial charge on any atom is 0.247 e. The molecule has 6 nitrogen and oxygen atoms in total. The minimum absolute atomic E-state index is 0.289. The van der Waals surface area contributed by atoms with Crippen molar-refractivity contribution in [2.24, 2.45) is 0 Å². The highest BCUT2D eigenvalue weighted by atomic mass is 79.9. The second-order valence-electron chi connectivity index (χ2n) is 5.43. The highest BCUT2D eigenvalue weighted by Gasteiger charge is 2.14. The van der Waals surface area contributed by atoms with Gasteiger partial charge in [-0.2, -0.15) is 4.98 Å². The van der Waals surface area contributed by atoms with E-state index in [0.717, 1.165) is 15.6 Å². The van der Waals surface area contributed by atoms with Gasteiger partial charge >= 0.3 is 0 Å². The summed E-state index contributed by atoms with van der Waals surface area (Å²) in [7, 11) is 0. The van der Waals surface area contributed by atoms with Crippen LogP contribution in [-0.2, 0) is 6.42 Å². The van der Waals surface area contributed by atoms with Crippen LogP contribution in [-0.4, -0.2) is 26.6 Å². The topological polar surface area (TPSA) is 77.8 Å². The molecular weight excluding hydrogens is 416 g/mol. The number of hydrogen-bond donors (Lipinski definition) is 0. The molecule has 0 fully saturated rings. The molecule has 130 valence electrons. The molecule has 0 aliphatic rings. The quantitative estimate of drug-likeness (QED) is 0.419. The van der Waals surface area contributed by atoms with Crippen molar-refractivity contribution < 1.29 is 8.94 Å². The van der Waals surface area contributed by atoms with E-state index in [2.05, 4.69) is 36.3 Å². The third-order valence-corrected chi connectivity index (χ3v) is 4.89. The summed E-state index contributed by atoms with van der Waals surface area (Å²) in [5.74, 6) is 1.85. The lowest BCUT2D eigenvalue weighted by Crippen LogP contribution is -1.89. The van der Waals surface area contributed by atoms with Gasteiger partial charge in [0.1, 0.15) is 6.42 Å². The van der Waals surface area contributed by atoms with Crippen molar-refractivity contribution in [3.63, 3.8) is 0 Å². The van der Waals surface area contributed by atoms with Crippen LogP contribution in [0.5, 0.6) is 0 Å². The van der Waals surface area contributed by atoms with Crippen LogP contribution < -0.4 is 0 Å². The molecule has 26 heavy (non-hydrogen) atoms. The fraction of sp³-hybridized carbons (Fsp3) is 0.111. The van der Waals surface area contributed by atoms with E-state index in [4.69, 9.17) is 8.94 Å². The first-order valence-corrected chi connectivity index (χ1v) is 9.78. The molecule has 4 rings (SSSR count). The van der Waals surface area contributed by atoms with Gasteiger partial charge in [-0.1, -0.05) is 27.2 Å². The molecule has 2 aromatic heterocycles. The SMILES string of the molecule is CSc1ccc(-c2noc(Cc3nnc(-c4cccc(Br)c4)o3)n2)cc1. The van der Waals surface area contributed by atoms with Crippen LogP contribution in [0.1, 0.15) is 11.8 Å². The van der Waals surface area contributed by atoms with Gasteiger partial charge in [-0.25, -0.2) is 0 Å². The van der Waals surface area contributed by atoms with Crippen LogP contribution in [0.15, 0.2) is 66.8 Å². The van der Waals surface area contributed by atoms with E-state index in [9.17, 15) is 0 Å². The molecule has 0 aliphatic heterocycles. The van der Waals surface area contributed by atoms with Crippen molar-refractivity contribution >= 4 is 27.7 Å². The Bertz CT molecular complexity index is 1030. The lowest BCUT2D eigenvalue weighted by Gasteiger charge is -1.96. The predicted octanol–water partition coefficient (Wildman–Crippen LogP) is 4.86. The summed E-state index contributed by atoms with van der Waals surface area (Å²) in [5.41, 5.74) is 1.75. The zero-order valence-electron chi connectivity index (χ0n) is 13.7. The summed E-state index contributed by atoms with van der Waals surface area (Å²) >= 11 is 5.12. The Morgan fingerprint density at radius 3 is 2.62 bits per heavy atom. The zero-order chi connectivity index (χ0) is 17.9. The highest BCUT2D eigenvalue weighted by Crippen LogP contribution is 2.24. The summed E-state index contributed by atoms with van der Waals surface area (Å²) in [6.45, 7) is 0. The third kappa shape index (κ3) is 3.71. The van der Waals surface area contributed by atoms with E-state index in [0.29, 0.717) is 23.5 Å². The van der Waals surface area contributed by atoms with Crippen LogP contribution in [0.2, 0.25) is 0 Å². The van der Waals surface area contributed by atoms with Crippen molar-refractivity contribution in [2.75, 3.05) is 6.26 Å². The molecule has 0 unspecified atom stereocenters. The Morgan fingerprint density at radius 2 is 1.85 bits per heavy atom. The fourth-order valence-corrected chi connectivity index (χ4v) is 3.18. The molecule has 0 saturated heterocycles. The second-order valence-corrected chi connectivity index (χ2v) is 7.22. The lowest BCUT2D eigenvalue weighted by atomic mass is 10.2. The number of aromatic nitrogens is 4. The van der Waals surface area contributed by atoms with Crippen LogP contribution in [0.25, 0.3) is 22.8 Å². The minimum atomic E-state index is 0.289. The molecule has 2 heterocycles. The summed E-state index contributed by atoms with van der Waals surface area (Å²) in [4.78, 5) is 5.59. The van der Waals surface area contributed by atoms with Crippen molar-refractivity contribution in [2.45, 2.75) is 11.3 Å². The van der Waals surface area contributed by atoms with E-state index >= 15 is 0 Å². The van der Waals surface area contributed by atoms with Crippen molar-refractivity contribution in [1.82, 2.24) is 20.3 Å². The van der Waals surface area contributed by atoms with Gasteiger partial charge in [-0.3, -0.25) is 0 Å². The predicted molar refractivity (Wildman–Crippen MR) is 102 cm³/mol. The number of thioether (sulfide) groups is 1. The van der Waals surface area contributed by atoms with Crippen LogP contribution in [0.3, 0.4) is 0 Å². The van der Waals surface area contributed by atoms with Gasteiger partial charge in [0.25, 0.3) is 0 Å². The van der Waals surface area contributed by atoms with Gasteiger partial charge in [0, 0.05) is 20.5 Å². The molecule has 0 amide bonds. The van der Waals surface area contributed by atoms with Crippen molar-refractivity contribution in [3.8, 4) is 22.8 Å². The molecule has 8 heteroatoms. The van der Waals surface area contributed by atoms with Crippen LogP contribution >= 0.6 is 27.7 Å². The second kappa shape index (κ2) is 7.43. The lowest BCUT2D eigenvalue weighted by molar-refractivity contribution is 0.374. The normalized spacial score (nSPS) is 11.0. The summed E-state index contributed by atoms with van der Waals surface area (Å²) in [6, 6.07) is 15.7. The first-order chi connectivity index (χ1) is 12.7. The molecule has 4 aromatic rings. The number of benzene rings is 2. The van der Waals surface area contributed by atoms with Gasteiger partial charge in [0.05, 0.1) is 0 Å². The van der Waals surface area contributed by atoms with E-state index < -0.39 is 0 Å². The molecule has 0 spiro atoms. The first-order valence-electron chi connectivity index (χ1n) is 7.76. The Kier molecular flexibility index (Phi) is 4.85. The highest BCUT2D eigenvalue weighted by molar-refractivity contribution is 9.10. The minimum Gasteiger partial charge on any atom is -0.420 e. The molecular formula is C18H13BrN4O2S. The Morgan fingerprint density at radius 1 is 1.00 bits per heavy atom. The van der Waals surface area contributed by atoms with Crippen molar-refractivity contribution in [1.29, 1.82) is 0 Å². The maximum absolute atomic E-state index is 5.70. The smallest absolute Gasteiger partial charge is 0.247 e. The maximum atomic E-state index is 5.70. The van der Waals surface area contributed by atoms with Gasteiger partial charge in [0.2, 0.25) is 23.5 Å². The van der Waals surface area contributed by atoms with Crippen LogP contribution in [0, 0.1) is 0 Å². The molecule has 0 N–H and O–H groups in total. The van der Waals surface area contributed by atoms with E-state index in [1.807, 2.05) is 54.8 Å². The van der Waals surface area contributed by atoms with Gasteiger partial charge in [-0.15, -0.1) is 22.0 Å². The van der Waals surface area contributed by atoms with Crippen molar-refractivity contribution in [3.05, 3.63) is 64.8 Å². The first kappa shape index (κ1) is 17.0. The standard InChI is InChI=1S/C18H13BrN4O2S/c1-26-14-7-5-11(6-8-14)17-20-15(25-23-17)10-16-21-22-18(24-16)12-3-2-4-13(19)9-12/h2-9H,10H2,1H3. The Hall–Kier alpha value is -2.45. The molecule has 0 radical (unpaired) electrons. The average molecular weight is 429 g/mol. The fourth-order valence-electron chi connectivity index (χ4n) is 2.38. The number of halogens is 1. The molecule has 0 bridgehead atoms. The largest absolute Gasteiger partial charge is 0.420 e. The van der Waals surface area contributed by atoms with E-state index in [1.54, 1.807) is 11.8 Å².